The van der Waals surface area contributed by atoms with Crippen LogP contribution in [0.15, 0.2) is 41.8 Å². The van der Waals surface area contributed by atoms with Crippen molar-refractivity contribution in [1.82, 2.24) is 9.88 Å². The number of rotatable bonds is 2. The molecule has 4 heteroatoms. The molecule has 0 radical (unpaired) electrons. The van der Waals surface area contributed by atoms with Crippen LogP contribution in [0.2, 0.25) is 0 Å². The van der Waals surface area contributed by atoms with Gasteiger partial charge in [0.2, 0.25) is 0 Å². The summed E-state index contributed by atoms with van der Waals surface area (Å²) in [5, 5.41) is 4.86. The lowest BCUT2D eigenvalue weighted by molar-refractivity contribution is 0.317. The third-order valence-electron chi connectivity index (χ3n) is 4.47. The van der Waals surface area contributed by atoms with E-state index in [-0.39, 0.29) is 5.82 Å². The monoisotopic (exact) mass is 312 g/mol. The van der Waals surface area contributed by atoms with Crippen LogP contribution in [0, 0.1) is 5.82 Å². The van der Waals surface area contributed by atoms with Gasteiger partial charge in [-0.25, -0.2) is 9.37 Å². The van der Waals surface area contributed by atoms with E-state index in [2.05, 4.69) is 17.3 Å². The molecule has 22 heavy (non-hydrogen) atoms. The number of fused-ring (bicyclic) bond motifs is 1. The molecule has 0 bridgehead atoms. The molecule has 0 amide bonds. The third kappa shape index (κ3) is 2.23. The summed E-state index contributed by atoms with van der Waals surface area (Å²) in [5.74, 6) is -0.176. The van der Waals surface area contributed by atoms with Crippen molar-refractivity contribution in [2.75, 3.05) is 13.6 Å². The van der Waals surface area contributed by atoms with Gasteiger partial charge in [0.25, 0.3) is 0 Å². The van der Waals surface area contributed by atoms with Crippen molar-refractivity contribution >= 4 is 22.1 Å². The van der Waals surface area contributed by atoms with Crippen LogP contribution in [0.5, 0.6) is 0 Å². The number of benzene rings is 2. The second-order valence-electron chi connectivity index (χ2n) is 5.85. The fourth-order valence-corrected chi connectivity index (χ4v) is 4.29. The van der Waals surface area contributed by atoms with Gasteiger partial charge < -0.3 is 0 Å². The Morgan fingerprint density at radius 2 is 2.00 bits per heavy atom. The molecule has 0 aliphatic carbocycles. The first-order valence-corrected chi connectivity index (χ1v) is 8.45. The van der Waals surface area contributed by atoms with E-state index in [9.17, 15) is 4.39 Å². The topological polar surface area (TPSA) is 16.1 Å². The molecule has 1 fully saturated rings. The fourth-order valence-electron chi connectivity index (χ4n) is 3.27. The predicted octanol–water partition coefficient (Wildman–Crippen LogP) is 4.87. The summed E-state index contributed by atoms with van der Waals surface area (Å²) in [6, 6.07) is 11.4. The van der Waals surface area contributed by atoms with Gasteiger partial charge in [0.05, 0.1) is 11.7 Å². The van der Waals surface area contributed by atoms with Crippen LogP contribution >= 0.6 is 11.3 Å². The number of aromatic nitrogens is 1. The van der Waals surface area contributed by atoms with E-state index >= 15 is 0 Å². The SMILES string of the molecule is CN1CCC[C@H]1c1nc(-c2ccc(F)c3ccccc23)cs1. The second-order valence-corrected chi connectivity index (χ2v) is 6.74. The van der Waals surface area contributed by atoms with Crippen LogP contribution in [-0.4, -0.2) is 23.5 Å². The summed E-state index contributed by atoms with van der Waals surface area (Å²) in [6.45, 7) is 1.14. The minimum Gasteiger partial charge on any atom is -0.297 e. The molecule has 3 aromatic rings. The van der Waals surface area contributed by atoms with Gasteiger partial charge in [0.15, 0.2) is 0 Å². The molecule has 0 saturated carbocycles. The lowest BCUT2D eigenvalue weighted by Gasteiger charge is -2.16. The standard InChI is InChI=1S/C18H17FN2S/c1-21-10-4-7-17(21)18-20-16(11-22-18)14-8-9-15(19)13-6-3-2-5-12(13)14/h2-3,5-6,8-9,11,17H,4,7,10H2,1H3/t17-/m0/s1. The molecule has 0 spiro atoms. The van der Waals surface area contributed by atoms with Crippen LogP contribution < -0.4 is 0 Å². The Balaban J connectivity index is 1.80. The van der Waals surface area contributed by atoms with Crippen LogP contribution in [-0.2, 0) is 0 Å². The molecular formula is C18H17FN2S. The average molecular weight is 312 g/mol. The van der Waals surface area contributed by atoms with Gasteiger partial charge in [-0.2, -0.15) is 0 Å². The Bertz CT molecular complexity index is 827. The van der Waals surface area contributed by atoms with Crippen molar-refractivity contribution in [1.29, 1.82) is 0 Å². The summed E-state index contributed by atoms with van der Waals surface area (Å²) in [7, 11) is 2.16. The first-order valence-electron chi connectivity index (χ1n) is 7.57. The number of likely N-dealkylation sites (tertiary alicyclic amines) is 1. The number of nitrogens with zero attached hydrogens (tertiary/aromatic N) is 2. The first-order chi connectivity index (χ1) is 10.7. The van der Waals surface area contributed by atoms with Crippen LogP contribution in [0.4, 0.5) is 4.39 Å². The zero-order valence-electron chi connectivity index (χ0n) is 12.4. The molecule has 0 N–H and O–H groups in total. The van der Waals surface area contributed by atoms with E-state index < -0.39 is 0 Å². The van der Waals surface area contributed by atoms with Gasteiger partial charge >= 0.3 is 0 Å². The van der Waals surface area contributed by atoms with Crippen LogP contribution in [0.25, 0.3) is 22.0 Å². The van der Waals surface area contributed by atoms with Gasteiger partial charge in [0, 0.05) is 16.3 Å². The summed E-state index contributed by atoms with van der Waals surface area (Å²) in [4.78, 5) is 7.21. The van der Waals surface area contributed by atoms with E-state index in [0.717, 1.165) is 23.2 Å². The van der Waals surface area contributed by atoms with Crippen molar-refractivity contribution in [2.45, 2.75) is 18.9 Å². The van der Waals surface area contributed by atoms with Crippen LogP contribution in [0.3, 0.4) is 0 Å². The molecule has 112 valence electrons. The number of hydrogen-bond donors (Lipinski definition) is 0. The van der Waals surface area contributed by atoms with Gasteiger partial charge in [-0.3, -0.25) is 4.90 Å². The van der Waals surface area contributed by atoms with E-state index in [1.807, 2.05) is 30.3 Å². The Morgan fingerprint density at radius 1 is 1.18 bits per heavy atom. The Kier molecular flexibility index (Phi) is 3.43. The van der Waals surface area contributed by atoms with Crippen LogP contribution in [0.1, 0.15) is 23.9 Å². The zero-order valence-corrected chi connectivity index (χ0v) is 13.2. The summed E-state index contributed by atoms with van der Waals surface area (Å²) in [6.07, 6.45) is 2.41. The maximum atomic E-state index is 14.0. The molecule has 2 nitrogen and oxygen atoms in total. The predicted molar refractivity (Wildman–Crippen MR) is 89.6 cm³/mol. The van der Waals surface area contributed by atoms with E-state index in [4.69, 9.17) is 4.98 Å². The highest BCUT2D eigenvalue weighted by Gasteiger charge is 2.25. The normalized spacial score (nSPS) is 19.1. The quantitative estimate of drug-likeness (QED) is 0.671. The Labute approximate surface area is 133 Å². The number of halogens is 1. The molecule has 1 aromatic heterocycles. The number of hydrogen-bond acceptors (Lipinski definition) is 3. The van der Waals surface area contributed by atoms with E-state index in [1.165, 1.54) is 17.8 Å². The molecule has 2 heterocycles. The van der Waals surface area contributed by atoms with Crippen molar-refractivity contribution in [3.8, 4) is 11.3 Å². The summed E-state index contributed by atoms with van der Waals surface area (Å²) < 4.78 is 14.0. The van der Waals surface area contributed by atoms with Crippen molar-refractivity contribution in [2.24, 2.45) is 0 Å². The molecule has 0 unspecified atom stereocenters. The minimum absolute atomic E-state index is 0.176. The Morgan fingerprint density at radius 3 is 2.77 bits per heavy atom. The zero-order chi connectivity index (χ0) is 15.1. The van der Waals surface area contributed by atoms with Crippen molar-refractivity contribution < 1.29 is 4.39 Å². The molecular weight excluding hydrogens is 295 g/mol. The maximum absolute atomic E-state index is 14.0. The van der Waals surface area contributed by atoms with E-state index in [1.54, 1.807) is 17.4 Å². The highest BCUT2D eigenvalue weighted by atomic mass is 32.1. The highest BCUT2D eigenvalue weighted by Crippen LogP contribution is 2.36. The average Bonchev–Trinajstić information content (AvgIpc) is 3.17. The smallest absolute Gasteiger partial charge is 0.131 e. The van der Waals surface area contributed by atoms with Crippen molar-refractivity contribution in [3.63, 3.8) is 0 Å². The number of thiazole rings is 1. The first kappa shape index (κ1) is 13.9. The second kappa shape index (κ2) is 5.45. The Hall–Kier alpha value is -1.78. The van der Waals surface area contributed by atoms with Gasteiger partial charge in [-0.15, -0.1) is 11.3 Å². The van der Waals surface area contributed by atoms with Gasteiger partial charge in [-0.1, -0.05) is 24.3 Å². The van der Waals surface area contributed by atoms with Gasteiger partial charge in [0.1, 0.15) is 10.8 Å². The fraction of sp³-hybridized carbons (Fsp3) is 0.278. The lowest BCUT2D eigenvalue weighted by atomic mass is 10.0. The third-order valence-corrected chi connectivity index (χ3v) is 5.42. The maximum Gasteiger partial charge on any atom is 0.131 e. The summed E-state index contributed by atoms with van der Waals surface area (Å²) >= 11 is 1.71. The lowest BCUT2D eigenvalue weighted by Crippen LogP contribution is -2.17. The van der Waals surface area contributed by atoms with E-state index in [0.29, 0.717) is 11.4 Å². The molecule has 1 aliphatic rings. The molecule has 1 aliphatic heterocycles. The molecule has 2 aromatic carbocycles. The van der Waals surface area contributed by atoms with Gasteiger partial charge in [-0.05, 0) is 44.0 Å². The minimum atomic E-state index is -0.176. The van der Waals surface area contributed by atoms with Crippen molar-refractivity contribution in [3.05, 3.63) is 52.6 Å². The molecule has 1 saturated heterocycles. The summed E-state index contributed by atoms with van der Waals surface area (Å²) in [5.41, 5.74) is 1.97. The molecule has 4 rings (SSSR count). The molecule has 1 atom stereocenters. The highest BCUT2D eigenvalue weighted by molar-refractivity contribution is 7.10. The largest absolute Gasteiger partial charge is 0.297 e.